The summed E-state index contributed by atoms with van der Waals surface area (Å²) >= 11 is 0. The van der Waals surface area contributed by atoms with Crippen molar-refractivity contribution in [3.8, 4) is 0 Å². The van der Waals surface area contributed by atoms with Crippen molar-refractivity contribution in [1.82, 2.24) is 15.2 Å². The highest BCUT2D eigenvalue weighted by Crippen LogP contribution is 2.13. The Balaban J connectivity index is 0.000000890. The summed E-state index contributed by atoms with van der Waals surface area (Å²) in [7, 11) is 1.32. The van der Waals surface area contributed by atoms with Gasteiger partial charge in [-0.3, -0.25) is 14.4 Å². The maximum Gasteiger partial charge on any atom is 0.337 e. The Morgan fingerprint density at radius 2 is 2.00 bits per heavy atom. The lowest BCUT2D eigenvalue weighted by Crippen LogP contribution is -2.37. The summed E-state index contributed by atoms with van der Waals surface area (Å²) in [5.74, 6) is -1.29. The molecular weight excluding hydrogens is 426 g/mol. The molecule has 1 unspecified atom stereocenters. The molecule has 9 heteroatoms. The molecule has 1 atom stereocenters. The van der Waals surface area contributed by atoms with Crippen LogP contribution >= 0.6 is 0 Å². The number of ether oxygens (including phenoxy) is 1. The van der Waals surface area contributed by atoms with E-state index in [1.54, 1.807) is 42.0 Å². The van der Waals surface area contributed by atoms with Crippen LogP contribution in [0.5, 0.6) is 0 Å². The summed E-state index contributed by atoms with van der Waals surface area (Å²) in [5.41, 5.74) is 1.72. The van der Waals surface area contributed by atoms with Crippen LogP contribution < -0.4 is 16.2 Å². The van der Waals surface area contributed by atoms with E-state index in [1.165, 1.54) is 7.11 Å². The Morgan fingerprint density at radius 1 is 1.27 bits per heavy atom. The number of aryl methyl sites for hydroxylation is 1. The number of hydrogen-bond acceptors (Lipinski definition) is 6. The van der Waals surface area contributed by atoms with Gasteiger partial charge in [0.25, 0.3) is 17.4 Å². The van der Waals surface area contributed by atoms with Crippen LogP contribution in [-0.2, 0) is 22.6 Å². The molecule has 0 saturated carbocycles. The average molecular weight is 458 g/mol. The number of methoxy groups -OCH3 is 1. The van der Waals surface area contributed by atoms with Crippen molar-refractivity contribution in [3.05, 3.63) is 69.1 Å². The molecule has 1 aromatic heterocycles. The van der Waals surface area contributed by atoms with E-state index >= 15 is 0 Å². The van der Waals surface area contributed by atoms with Gasteiger partial charge in [-0.2, -0.15) is 0 Å². The SMILES string of the molecule is CC(=O)O.COC(=O)c1cccc(CNC(=O)c2c(C)ccn(CC3CCCNC3)c2=O)c1. The molecule has 1 aromatic carbocycles. The number of aromatic nitrogens is 1. The minimum atomic E-state index is -0.833. The molecule has 3 N–H and O–H groups in total. The van der Waals surface area contributed by atoms with Gasteiger partial charge in [-0.1, -0.05) is 12.1 Å². The molecule has 2 heterocycles. The zero-order valence-electron chi connectivity index (χ0n) is 19.2. The number of pyridine rings is 1. The lowest BCUT2D eigenvalue weighted by atomic mass is 9.99. The molecule has 1 amide bonds. The van der Waals surface area contributed by atoms with Gasteiger partial charge in [-0.25, -0.2) is 4.79 Å². The Morgan fingerprint density at radius 3 is 2.64 bits per heavy atom. The Kier molecular flexibility index (Phi) is 9.81. The predicted octanol–water partition coefficient (Wildman–Crippen LogP) is 1.96. The molecule has 9 nitrogen and oxygen atoms in total. The second-order valence-corrected chi connectivity index (χ2v) is 7.94. The first kappa shape index (κ1) is 25.8. The van der Waals surface area contributed by atoms with Crippen molar-refractivity contribution in [3.63, 3.8) is 0 Å². The normalized spacial score (nSPS) is 15.1. The van der Waals surface area contributed by atoms with Crippen molar-refractivity contribution in [2.45, 2.75) is 39.8 Å². The standard InChI is InChI=1S/C22H27N3O4.C2H4O2/c1-15-8-10-25(14-17-6-4-9-23-12-17)21(27)19(15)20(26)24-13-16-5-3-7-18(11-16)22(28)29-2;1-2(3)4/h3,5,7-8,10-11,17,23H,4,6,9,12-14H2,1-2H3,(H,24,26);1H3,(H,3,4). The number of carbonyl (C=O) groups excluding carboxylic acids is 2. The molecule has 1 fully saturated rings. The smallest absolute Gasteiger partial charge is 0.337 e. The Labute approximate surface area is 192 Å². The van der Waals surface area contributed by atoms with Crippen LogP contribution in [0.3, 0.4) is 0 Å². The van der Waals surface area contributed by atoms with E-state index in [-0.39, 0.29) is 17.7 Å². The van der Waals surface area contributed by atoms with E-state index in [1.807, 2.05) is 6.07 Å². The van der Waals surface area contributed by atoms with Gasteiger partial charge in [-0.15, -0.1) is 0 Å². The van der Waals surface area contributed by atoms with Gasteiger partial charge in [0.05, 0.1) is 12.7 Å². The average Bonchev–Trinajstić information content (AvgIpc) is 2.79. The number of amides is 1. The van der Waals surface area contributed by atoms with Gasteiger partial charge in [-0.05, 0) is 68.1 Å². The summed E-state index contributed by atoms with van der Waals surface area (Å²) in [6.45, 7) is 5.57. The first-order valence-corrected chi connectivity index (χ1v) is 10.8. The summed E-state index contributed by atoms with van der Waals surface area (Å²) in [4.78, 5) is 46.3. The molecule has 0 radical (unpaired) electrons. The van der Waals surface area contributed by atoms with Crippen LogP contribution in [0.15, 0.2) is 41.3 Å². The third-order valence-electron chi connectivity index (χ3n) is 5.26. The number of carbonyl (C=O) groups is 3. The second kappa shape index (κ2) is 12.5. The van der Waals surface area contributed by atoms with Crippen LogP contribution in [0, 0.1) is 12.8 Å². The number of rotatable bonds is 6. The Hall–Kier alpha value is -3.46. The highest BCUT2D eigenvalue weighted by molar-refractivity contribution is 5.95. The van der Waals surface area contributed by atoms with Crippen LogP contribution in [0.25, 0.3) is 0 Å². The maximum absolute atomic E-state index is 12.9. The third kappa shape index (κ3) is 7.87. The van der Waals surface area contributed by atoms with Crippen molar-refractivity contribution in [1.29, 1.82) is 0 Å². The zero-order chi connectivity index (χ0) is 24.4. The minimum Gasteiger partial charge on any atom is -0.481 e. The van der Waals surface area contributed by atoms with Crippen LogP contribution in [0.4, 0.5) is 0 Å². The number of carboxylic acids is 1. The van der Waals surface area contributed by atoms with Crippen LogP contribution in [-0.4, -0.2) is 47.7 Å². The molecular formula is C24H31N3O6. The largest absolute Gasteiger partial charge is 0.481 e. The molecule has 1 aliphatic rings. The maximum atomic E-state index is 12.9. The number of piperidine rings is 1. The van der Waals surface area contributed by atoms with E-state index in [2.05, 4.69) is 10.6 Å². The monoisotopic (exact) mass is 457 g/mol. The molecule has 3 rings (SSSR count). The number of nitrogens with zero attached hydrogens (tertiary/aromatic N) is 1. The zero-order valence-corrected chi connectivity index (χ0v) is 19.2. The molecule has 0 aliphatic carbocycles. The predicted molar refractivity (Wildman–Crippen MR) is 123 cm³/mol. The van der Waals surface area contributed by atoms with Crippen molar-refractivity contribution in [2.75, 3.05) is 20.2 Å². The van der Waals surface area contributed by atoms with E-state index in [0.29, 0.717) is 23.6 Å². The lowest BCUT2D eigenvalue weighted by Gasteiger charge is -2.23. The van der Waals surface area contributed by atoms with Gasteiger partial charge in [0.15, 0.2) is 0 Å². The number of nitrogens with one attached hydrogen (secondary N) is 2. The summed E-state index contributed by atoms with van der Waals surface area (Å²) < 4.78 is 6.35. The first-order valence-electron chi connectivity index (χ1n) is 10.8. The number of esters is 1. The second-order valence-electron chi connectivity index (χ2n) is 7.94. The van der Waals surface area contributed by atoms with E-state index in [4.69, 9.17) is 14.6 Å². The minimum absolute atomic E-state index is 0.167. The van der Waals surface area contributed by atoms with E-state index in [0.717, 1.165) is 38.4 Å². The van der Waals surface area contributed by atoms with Gasteiger partial charge in [0.2, 0.25) is 0 Å². The molecule has 1 aliphatic heterocycles. The number of benzene rings is 1. The lowest BCUT2D eigenvalue weighted by molar-refractivity contribution is -0.134. The van der Waals surface area contributed by atoms with Crippen molar-refractivity contribution < 1.29 is 24.2 Å². The molecule has 0 spiro atoms. The Bertz CT molecular complexity index is 1040. The van der Waals surface area contributed by atoms with Gasteiger partial charge >= 0.3 is 5.97 Å². The third-order valence-corrected chi connectivity index (χ3v) is 5.26. The molecule has 33 heavy (non-hydrogen) atoms. The van der Waals surface area contributed by atoms with Crippen LogP contribution in [0.2, 0.25) is 0 Å². The van der Waals surface area contributed by atoms with Gasteiger partial charge in [0, 0.05) is 26.2 Å². The molecule has 1 saturated heterocycles. The fraction of sp³-hybridized carbons (Fsp3) is 0.417. The molecule has 0 bridgehead atoms. The fourth-order valence-electron chi connectivity index (χ4n) is 3.64. The summed E-state index contributed by atoms with van der Waals surface area (Å²) in [5, 5.41) is 13.6. The quantitative estimate of drug-likeness (QED) is 0.566. The first-order chi connectivity index (χ1) is 15.7. The summed E-state index contributed by atoms with van der Waals surface area (Å²) in [6.07, 6.45) is 3.94. The highest BCUT2D eigenvalue weighted by Gasteiger charge is 2.19. The van der Waals surface area contributed by atoms with Crippen molar-refractivity contribution in [2.24, 2.45) is 5.92 Å². The number of hydrogen-bond donors (Lipinski definition) is 3. The van der Waals surface area contributed by atoms with E-state index < -0.39 is 17.8 Å². The fourth-order valence-corrected chi connectivity index (χ4v) is 3.64. The van der Waals surface area contributed by atoms with E-state index in [9.17, 15) is 14.4 Å². The number of aliphatic carboxylic acids is 1. The molecule has 178 valence electrons. The highest BCUT2D eigenvalue weighted by atomic mass is 16.5. The van der Waals surface area contributed by atoms with Crippen LogP contribution in [0.1, 0.15) is 51.6 Å². The van der Waals surface area contributed by atoms with Crippen molar-refractivity contribution >= 4 is 17.8 Å². The number of carboxylic acid groups (broad SMARTS) is 1. The van der Waals surface area contributed by atoms with Gasteiger partial charge in [0.1, 0.15) is 5.56 Å². The van der Waals surface area contributed by atoms with Gasteiger partial charge < -0.3 is 25.0 Å². The topological polar surface area (TPSA) is 127 Å². The summed E-state index contributed by atoms with van der Waals surface area (Å²) in [6, 6.07) is 8.66. The molecule has 2 aromatic rings.